The van der Waals surface area contributed by atoms with Gasteiger partial charge in [-0.15, -0.1) is 0 Å². The second kappa shape index (κ2) is 4.62. The number of hydrogen-bond donors (Lipinski definition) is 0. The maximum atomic E-state index is 13.3. The van der Waals surface area contributed by atoms with E-state index in [2.05, 4.69) is 10.7 Å². The highest BCUT2D eigenvalue weighted by molar-refractivity contribution is 8.14. The molecule has 0 spiro atoms. The lowest BCUT2D eigenvalue weighted by molar-refractivity contribution is -0.131. The molecule has 0 aliphatic carbocycles. The number of benzene rings is 1. The molecule has 96 valence electrons. The summed E-state index contributed by atoms with van der Waals surface area (Å²) < 4.78 is 72.5. The predicted octanol–water partition coefficient (Wildman–Crippen LogP) is 3.65. The Hall–Kier alpha value is -0.530. The number of rotatable bonds is 2. The highest BCUT2D eigenvalue weighted by atomic mass is 35.7. The van der Waals surface area contributed by atoms with Gasteiger partial charge in [0.15, 0.2) is 5.25 Å². The third kappa shape index (κ3) is 3.46. The lowest BCUT2D eigenvalue weighted by Gasteiger charge is -2.18. The van der Waals surface area contributed by atoms with Gasteiger partial charge in [-0.2, -0.15) is 13.2 Å². The molecule has 1 aromatic rings. The molecule has 0 heterocycles. The van der Waals surface area contributed by atoms with E-state index < -0.39 is 31.9 Å². The fourth-order valence-corrected chi connectivity index (χ4v) is 2.77. The van der Waals surface area contributed by atoms with Gasteiger partial charge in [0.25, 0.3) is 0 Å². The average molecular weight is 311 g/mol. The molecule has 1 aromatic carbocycles. The van der Waals surface area contributed by atoms with Crippen molar-refractivity contribution in [3.8, 4) is 0 Å². The quantitative estimate of drug-likeness (QED) is 0.617. The van der Waals surface area contributed by atoms with Gasteiger partial charge in [-0.1, -0.05) is 17.7 Å². The summed E-state index contributed by atoms with van der Waals surface area (Å²) in [5, 5.41) is -3.27. The molecule has 0 aliphatic rings. The zero-order valence-electron chi connectivity index (χ0n) is 7.80. The van der Waals surface area contributed by atoms with E-state index in [4.69, 9.17) is 11.6 Å². The predicted molar refractivity (Wildman–Crippen MR) is 55.0 cm³/mol. The van der Waals surface area contributed by atoms with Crippen LogP contribution in [0, 0.1) is 5.82 Å². The first-order valence-electron chi connectivity index (χ1n) is 3.98. The summed E-state index contributed by atoms with van der Waals surface area (Å²) in [4.78, 5) is 0. The molecule has 0 bridgehead atoms. The molecule has 9 heteroatoms. The molecular formula is C8H4Cl2F4O2S. The van der Waals surface area contributed by atoms with Crippen LogP contribution >= 0.6 is 22.3 Å². The molecule has 0 N–H and O–H groups in total. The molecule has 1 unspecified atom stereocenters. The molecule has 0 amide bonds. The highest BCUT2D eigenvalue weighted by Crippen LogP contribution is 2.42. The van der Waals surface area contributed by atoms with E-state index in [1.54, 1.807) is 0 Å². The van der Waals surface area contributed by atoms with Gasteiger partial charge in [-0.05, 0) is 12.1 Å². The van der Waals surface area contributed by atoms with Gasteiger partial charge < -0.3 is 0 Å². The van der Waals surface area contributed by atoms with Crippen LogP contribution in [0.1, 0.15) is 10.8 Å². The van der Waals surface area contributed by atoms with E-state index in [9.17, 15) is 26.0 Å². The van der Waals surface area contributed by atoms with Crippen molar-refractivity contribution in [2.24, 2.45) is 0 Å². The van der Waals surface area contributed by atoms with E-state index in [1.807, 2.05) is 0 Å². The largest absolute Gasteiger partial charge is 0.410 e. The Labute approximate surface area is 104 Å². The molecule has 0 saturated heterocycles. The van der Waals surface area contributed by atoms with Crippen molar-refractivity contribution in [1.82, 2.24) is 0 Å². The van der Waals surface area contributed by atoms with Crippen LogP contribution in [-0.4, -0.2) is 14.6 Å². The van der Waals surface area contributed by atoms with Crippen LogP contribution in [0.5, 0.6) is 0 Å². The second-order valence-electron chi connectivity index (χ2n) is 3.06. The van der Waals surface area contributed by atoms with E-state index in [-0.39, 0.29) is 5.02 Å². The Morgan fingerprint density at radius 3 is 2.12 bits per heavy atom. The first-order chi connectivity index (χ1) is 7.53. The van der Waals surface area contributed by atoms with Gasteiger partial charge in [0.2, 0.25) is 9.05 Å². The molecule has 0 fully saturated rings. The summed E-state index contributed by atoms with van der Waals surface area (Å²) in [6.07, 6.45) is -5.21. The lowest BCUT2D eigenvalue weighted by Crippen LogP contribution is -2.26. The van der Waals surface area contributed by atoms with Crippen LogP contribution in [0.25, 0.3) is 0 Å². The van der Waals surface area contributed by atoms with Crippen molar-refractivity contribution >= 4 is 31.3 Å². The summed E-state index contributed by atoms with van der Waals surface area (Å²) in [5.74, 6) is -1.39. The Bertz CT molecular complexity index is 527. The maximum absolute atomic E-state index is 13.3. The first-order valence-corrected chi connectivity index (χ1v) is 6.73. The van der Waals surface area contributed by atoms with Crippen LogP contribution in [0.4, 0.5) is 17.6 Å². The van der Waals surface area contributed by atoms with Crippen molar-refractivity contribution < 1.29 is 26.0 Å². The monoisotopic (exact) mass is 310 g/mol. The number of hydrogen-bond acceptors (Lipinski definition) is 2. The Kier molecular flexibility index (Phi) is 3.95. The van der Waals surface area contributed by atoms with E-state index in [0.29, 0.717) is 12.1 Å². The molecule has 17 heavy (non-hydrogen) atoms. The fourth-order valence-electron chi connectivity index (χ4n) is 1.20. The van der Waals surface area contributed by atoms with E-state index >= 15 is 0 Å². The lowest BCUT2D eigenvalue weighted by atomic mass is 10.1. The van der Waals surface area contributed by atoms with Gasteiger partial charge in [0.05, 0.1) is 0 Å². The summed E-state index contributed by atoms with van der Waals surface area (Å²) in [6, 6.07) is 2.16. The van der Waals surface area contributed by atoms with Crippen LogP contribution in [0.15, 0.2) is 18.2 Å². The Morgan fingerprint density at radius 1 is 1.24 bits per heavy atom. The molecular weight excluding hydrogens is 307 g/mol. The van der Waals surface area contributed by atoms with Gasteiger partial charge in [0, 0.05) is 21.3 Å². The zero-order valence-corrected chi connectivity index (χ0v) is 10.1. The van der Waals surface area contributed by atoms with Crippen LogP contribution in [0.2, 0.25) is 5.02 Å². The first kappa shape index (κ1) is 14.5. The summed E-state index contributed by atoms with van der Waals surface area (Å²) in [7, 11) is -0.364. The SMILES string of the molecule is O=S(=O)(Cl)C(c1ccc(Cl)cc1F)C(F)(F)F. The molecule has 2 nitrogen and oxygen atoms in total. The highest BCUT2D eigenvalue weighted by Gasteiger charge is 2.50. The van der Waals surface area contributed by atoms with Crippen molar-refractivity contribution in [3.63, 3.8) is 0 Å². The minimum absolute atomic E-state index is 0.154. The van der Waals surface area contributed by atoms with E-state index in [0.717, 1.165) is 6.07 Å². The molecule has 1 atom stereocenters. The van der Waals surface area contributed by atoms with Crippen molar-refractivity contribution in [1.29, 1.82) is 0 Å². The maximum Gasteiger partial charge on any atom is 0.410 e. The molecule has 0 saturated carbocycles. The second-order valence-corrected chi connectivity index (χ2v) is 6.21. The summed E-state index contributed by atoms with van der Waals surface area (Å²) in [5.41, 5.74) is -1.09. The standard InChI is InChI=1S/C8H4Cl2F4O2S/c9-4-1-2-5(6(11)3-4)7(8(12,13)14)17(10,15)16/h1-3,7H. The molecule has 0 aromatic heterocycles. The minimum atomic E-state index is -5.21. The molecule has 0 radical (unpaired) electrons. The third-order valence-corrected chi connectivity index (χ3v) is 3.68. The summed E-state index contributed by atoms with van der Waals surface area (Å²) in [6.45, 7) is 0. The Balaban J connectivity index is 3.44. The normalized spacial score (nSPS) is 14.7. The Morgan fingerprint density at radius 2 is 1.76 bits per heavy atom. The number of alkyl halides is 3. The topological polar surface area (TPSA) is 34.1 Å². The third-order valence-electron chi connectivity index (χ3n) is 1.82. The molecule has 1 rings (SSSR count). The fraction of sp³-hybridized carbons (Fsp3) is 0.250. The van der Waals surface area contributed by atoms with Crippen molar-refractivity contribution in [2.45, 2.75) is 11.4 Å². The zero-order chi connectivity index (χ0) is 13.4. The average Bonchev–Trinajstić information content (AvgIpc) is 2.04. The number of halogens is 6. The van der Waals surface area contributed by atoms with Crippen molar-refractivity contribution in [3.05, 3.63) is 34.6 Å². The van der Waals surface area contributed by atoms with Gasteiger partial charge in [-0.25, -0.2) is 12.8 Å². The smallest absolute Gasteiger partial charge is 0.211 e. The van der Waals surface area contributed by atoms with Gasteiger partial charge in [-0.3, -0.25) is 0 Å². The van der Waals surface area contributed by atoms with Gasteiger partial charge in [0.1, 0.15) is 5.82 Å². The van der Waals surface area contributed by atoms with E-state index in [1.165, 1.54) is 0 Å². The van der Waals surface area contributed by atoms with Crippen LogP contribution in [-0.2, 0) is 9.05 Å². The van der Waals surface area contributed by atoms with Crippen molar-refractivity contribution in [2.75, 3.05) is 0 Å². The van der Waals surface area contributed by atoms with Gasteiger partial charge >= 0.3 is 6.18 Å². The summed E-state index contributed by atoms with van der Waals surface area (Å²) >= 11 is 5.35. The van der Waals surface area contributed by atoms with Crippen LogP contribution < -0.4 is 0 Å². The molecule has 0 aliphatic heterocycles. The van der Waals surface area contributed by atoms with Crippen LogP contribution in [0.3, 0.4) is 0 Å². The minimum Gasteiger partial charge on any atom is -0.211 e.